The van der Waals surface area contributed by atoms with Gasteiger partial charge in [-0.25, -0.2) is 9.97 Å². The number of rotatable bonds is 6. The van der Waals surface area contributed by atoms with Gasteiger partial charge in [0.1, 0.15) is 6.10 Å². The number of hydrogen-bond donors (Lipinski definition) is 4. The highest BCUT2D eigenvalue weighted by Gasteiger charge is 2.29. The molecule has 1 aromatic heterocycles. The lowest BCUT2D eigenvalue weighted by Crippen LogP contribution is -2.28. The SMILES string of the molecule is CC(=O)NCCC(O)C(O)c1nc(C)[nH]c1[N+](=O)[O-]. The summed E-state index contributed by atoms with van der Waals surface area (Å²) in [5.41, 5.74) is -0.210. The Hall–Kier alpha value is -2.00. The molecule has 0 aliphatic heterocycles. The van der Waals surface area contributed by atoms with E-state index < -0.39 is 22.9 Å². The average molecular weight is 272 g/mol. The molecule has 2 atom stereocenters. The number of imidazole rings is 1. The van der Waals surface area contributed by atoms with Crippen LogP contribution in [0.5, 0.6) is 0 Å². The van der Waals surface area contributed by atoms with Crippen molar-refractivity contribution in [1.29, 1.82) is 0 Å². The van der Waals surface area contributed by atoms with E-state index in [0.717, 1.165) is 0 Å². The van der Waals surface area contributed by atoms with Crippen LogP contribution in [0.25, 0.3) is 0 Å². The molecule has 0 saturated heterocycles. The largest absolute Gasteiger partial charge is 0.390 e. The summed E-state index contributed by atoms with van der Waals surface area (Å²) in [6.45, 7) is 2.99. The molecule has 1 rings (SSSR count). The number of carbonyl (C=O) groups excluding carboxylic acids is 1. The number of aromatic nitrogens is 2. The Morgan fingerprint density at radius 2 is 2.21 bits per heavy atom. The fraction of sp³-hybridized carbons (Fsp3) is 0.600. The monoisotopic (exact) mass is 272 g/mol. The fourth-order valence-electron chi connectivity index (χ4n) is 1.58. The fourth-order valence-corrected chi connectivity index (χ4v) is 1.58. The van der Waals surface area contributed by atoms with Crippen molar-refractivity contribution >= 4 is 11.7 Å². The van der Waals surface area contributed by atoms with Crippen LogP contribution in [0.3, 0.4) is 0 Å². The number of aryl methyl sites for hydroxylation is 1. The number of nitrogens with one attached hydrogen (secondary N) is 2. The zero-order valence-electron chi connectivity index (χ0n) is 10.6. The molecule has 2 unspecified atom stereocenters. The minimum absolute atomic E-state index is 0.0593. The molecule has 0 aromatic carbocycles. The highest BCUT2D eigenvalue weighted by molar-refractivity contribution is 5.72. The molecule has 0 aliphatic carbocycles. The summed E-state index contributed by atoms with van der Waals surface area (Å²) in [7, 11) is 0. The number of nitro groups is 1. The molecule has 9 heteroatoms. The van der Waals surface area contributed by atoms with Crippen molar-refractivity contribution < 1.29 is 19.9 Å². The van der Waals surface area contributed by atoms with Crippen molar-refractivity contribution in [3.63, 3.8) is 0 Å². The van der Waals surface area contributed by atoms with Gasteiger partial charge in [-0.3, -0.25) is 4.79 Å². The molecule has 0 spiro atoms. The molecular formula is C10H16N4O5. The predicted molar refractivity (Wildman–Crippen MR) is 64.2 cm³/mol. The Morgan fingerprint density at radius 3 is 2.74 bits per heavy atom. The van der Waals surface area contributed by atoms with E-state index in [9.17, 15) is 25.1 Å². The van der Waals surface area contributed by atoms with Gasteiger partial charge in [-0.2, -0.15) is 0 Å². The zero-order valence-corrected chi connectivity index (χ0v) is 10.6. The summed E-state index contributed by atoms with van der Waals surface area (Å²) in [5.74, 6) is -0.429. The number of amides is 1. The standard InChI is InChI=1S/C10H16N4O5/c1-5-12-8(10(13-5)14(18)19)9(17)7(16)3-4-11-6(2)15/h7,9,16-17H,3-4H2,1-2H3,(H,11,15)(H,12,13). The van der Waals surface area contributed by atoms with Gasteiger partial charge < -0.3 is 25.6 Å². The second kappa shape index (κ2) is 6.25. The van der Waals surface area contributed by atoms with Crippen LogP contribution in [-0.2, 0) is 4.79 Å². The van der Waals surface area contributed by atoms with E-state index in [0.29, 0.717) is 0 Å². The quantitative estimate of drug-likeness (QED) is 0.408. The summed E-state index contributed by atoms with van der Waals surface area (Å²) >= 11 is 0. The first kappa shape index (κ1) is 15.1. The summed E-state index contributed by atoms with van der Waals surface area (Å²) in [4.78, 5) is 26.9. The minimum Gasteiger partial charge on any atom is -0.390 e. The van der Waals surface area contributed by atoms with Gasteiger partial charge in [0.05, 0.1) is 6.10 Å². The van der Waals surface area contributed by atoms with E-state index in [2.05, 4.69) is 15.3 Å². The third-order valence-corrected chi connectivity index (χ3v) is 2.47. The predicted octanol–water partition coefficient (Wildman–Crippen LogP) is -0.453. The summed E-state index contributed by atoms with van der Waals surface area (Å²) in [5, 5.41) is 32.8. The molecule has 0 saturated carbocycles. The Labute approximate surface area is 108 Å². The molecule has 9 nitrogen and oxygen atoms in total. The molecule has 1 heterocycles. The van der Waals surface area contributed by atoms with Crippen LogP contribution in [0.1, 0.15) is 31.0 Å². The first-order valence-electron chi connectivity index (χ1n) is 5.64. The van der Waals surface area contributed by atoms with Crippen LogP contribution in [-0.4, -0.2) is 43.7 Å². The van der Waals surface area contributed by atoms with Crippen molar-refractivity contribution in [3.05, 3.63) is 21.6 Å². The first-order valence-corrected chi connectivity index (χ1v) is 5.64. The van der Waals surface area contributed by atoms with Gasteiger partial charge in [-0.15, -0.1) is 0 Å². The second-order valence-corrected chi connectivity index (χ2v) is 4.10. The molecule has 19 heavy (non-hydrogen) atoms. The minimum atomic E-state index is -1.49. The van der Waals surface area contributed by atoms with Crippen molar-refractivity contribution in [1.82, 2.24) is 15.3 Å². The van der Waals surface area contributed by atoms with Crippen LogP contribution in [0.2, 0.25) is 0 Å². The van der Waals surface area contributed by atoms with Crippen LogP contribution in [0, 0.1) is 17.0 Å². The van der Waals surface area contributed by atoms with E-state index in [1.54, 1.807) is 0 Å². The summed E-state index contributed by atoms with van der Waals surface area (Å²) < 4.78 is 0. The van der Waals surface area contributed by atoms with Gasteiger partial charge in [0, 0.05) is 20.4 Å². The lowest BCUT2D eigenvalue weighted by Gasteiger charge is -2.15. The maximum atomic E-state index is 10.8. The first-order chi connectivity index (χ1) is 8.82. The van der Waals surface area contributed by atoms with Crippen LogP contribution >= 0.6 is 0 Å². The average Bonchev–Trinajstić information content (AvgIpc) is 2.69. The van der Waals surface area contributed by atoms with Crippen LogP contribution in [0.15, 0.2) is 0 Å². The van der Waals surface area contributed by atoms with E-state index in [4.69, 9.17) is 0 Å². The van der Waals surface area contributed by atoms with Crippen molar-refractivity contribution in [2.75, 3.05) is 6.54 Å². The lowest BCUT2D eigenvalue weighted by atomic mass is 10.1. The summed E-state index contributed by atoms with van der Waals surface area (Å²) in [6, 6.07) is 0. The van der Waals surface area contributed by atoms with Crippen molar-refractivity contribution in [3.8, 4) is 0 Å². The highest BCUT2D eigenvalue weighted by Crippen LogP contribution is 2.25. The number of aliphatic hydroxyl groups is 2. The number of carbonyl (C=O) groups is 1. The van der Waals surface area contributed by atoms with Crippen LogP contribution in [0.4, 0.5) is 5.82 Å². The molecule has 4 N–H and O–H groups in total. The Balaban J connectivity index is 2.73. The molecule has 0 radical (unpaired) electrons. The van der Waals surface area contributed by atoms with Gasteiger partial charge in [0.2, 0.25) is 5.91 Å². The van der Waals surface area contributed by atoms with E-state index >= 15 is 0 Å². The molecule has 1 aromatic rings. The topological polar surface area (TPSA) is 141 Å². The Morgan fingerprint density at radius 1 is 1.58 bits per heavy atom. The number of aliphatic hydroxyl groups excluding tert-OH is 2. The molecule has 1 amide bonds. The van der Waals surface area contributed by atoms with Gasteiger partial charge in [-0.1, -0.05) is 0 Å². The van der Waals surface area contributed by atoms with Crippen molar-refractivity contribution in [2.24, 2.45) is 0 Å². The van der Waals surface area contributed by atoms with Gasteiger partial charge >= 0.3 is 5.82 Å². The van der Waals surface area contributed by atoms with E-state index in [-0.39, 0.29) is 30.4 Å². The Kier molecular flexibility index (Phi) is 4.95. The normalized spacial score (nSPS) is 13.9. The number of hydrogen-bond acceptors (Lipinski definition) is 6. The number of aromatic amines is 1. The van der Waals surface area contributed by atoms with Crippen LogP contribution < -0.4 is 5.32 Å². The third-order valence-electron chi connectivity index (χ3n) is 2.47. The maximum Gasteiger partial charge on any atom is 0.346 e. The molecular weight excluding hydrogens is 256 g/mol. The molecule has 0 aliphatic rings. The van der Waals surface area contributed by atoms with E-state index in [1.807, 2.05) is 0 Å². The van der Waals surface area contributed by atoms with E-state index in [1.165, 1.54) is 13.8 Å². The number of H-pyrrole nitrogens is 1. The third kappa shape index (κ3) is 4.00. The second-order valence-electron chi connectivity index (χ2n) is 4.10. The zero-order chi connectivity index (χ0) is 14.6. The molecule has 106 valence electrons. The Bertz CT molecular complexity index is 472. The summed E-state index contributed by atoms with van der Waals surface area (Å²) in [6.07, 6.45) is -2.68. The molecule has 0 bridgehead atoms. The van der Waals surface area contributed by atoms with Gasteiger partial charge in [0.15, 0.2) is 11.5 Å². The lowest BCUT2D eigenvalue weighted by molar-refractivity contribution is -0.390. The molecule has 0 fully saturated rings. The van der Waals surface area contributed by atoms with Gasteiger partial charge in [0.25, 0.3) is 0 Å². The number of nitrogens with zero attached hydrogens (tertiary/aromatic N) is 2. The maximum absolute atomic E-state index is 10.8. The van der Waals surface area contributed by atoms with Gasteiger partial charge in [-0.05, 0) is 11.3 Å². The smallest absolute Gasteiger partial charge is 0.346 e. The van der Waals surface area contributed by atoms with Crippen molar-refractivity contribution in [2.45, 2.75) is 32.5 Å². The highest BCUT2D eigenvalue weighted by atomic mass is 16.6.